The summed E-state index contributed by atoms with van der Waals surface area (Å²) >= 11 is 1.55. The van der Waals surface area contributed by atoms with E-state index in [-0.39, 0.29) is 0 Å². The number of carbonyl (C=O) groups is 1. The Bertz CT molecular complexity index is 602. The lowest BCUT2D eigenvalue weighted by atomic mass is 10.1. The lowest BCUT2D eigenvalue weighted by molar-refractivity contribution is 0.0694. The third kappa shape index (κ3) is 4.23. The van der Waals surface area contributed by atoms with Gasteiger partial charge in [-0.25, -0.2) is 4.79 Å². The molecule has 0 saturated heterocycles. The molecule has 1 heterocycles. The summed E-state index contributed by atoms with van der Waals surface area (Å²) in [6, 6.07) is 9.48. The van der Waals surface area contributed by atoms with Gasteiger partial charge in [-0.1, -0.05) is 13.0 Å². The lowest BCUT2D eigenvalue weighted by Gasteiger charge is -2.12. The van der Waals surface area contributed by atoms with Crippen molar-refractivity contribution >= 4 is 23.4 Å². The number of thioether (sulfide) groups is 1. The van der Waals surface area contributed by atoms with E-state index < -0.39 is 5.97 Å². The van der Waals surface area contributed by atoms with Gasteiger partial charge in [-0.3, -0.25) is 4.98 Å². The van der Waals surface area contributed by atoms with Gasteiger partial charge in [-0.05, 0) is 42.0 Å². The van der Waals surface area contributed by atoms with Gasteiger partial charge in [0.25, 0.3) is 0 Å². The van der Waals surface area contributed by atoms with Gasteiger partial charge in [-0.15, -0.1) is 11.8 Å². The molecule has 21 heavy (non-hydrogen) atoms. The number of rotatable bonds is 7. The van der Waals surface area contributed by atoms with Crippen molar-refractivity contribution in [2.75, 3.05) is 17.6 Å². The highest BCUT2D eigenvalue weighted by atomic mass is 32.2. The van der Waals surface area contributed by atoms with E-state index in [1.54, 1.807) is 24.2 Å². The number of hydrogen-bond acceptors (Lipinski definition) is 4. The van der Waals surface area contributed by atoms with E-state index in [1.807, 2.05) is 37.3 Å². The summed E-state index contributed by atoms with van der Waals surface area (Å²) in [6.45, 7) is 2.70. The Hall–Kier alpha value is -2.01. The van der Waals surface area contributed by atoms with Crippen molar-refractivity contribution in [1.29, 1.82) is 0 Å². The van der Waals surface area contributed by atoms with E-state index in [1.165, 1.54) is 5.56 Å². The number of aromatic carboxylic acids is 1. The van der Waals surface area contributed by atoms with Crippen molar-refractivity contribution in [3.8, 4) is 0 Å². The molecule has 0 unspecified atom stereocenters. The number of aromatic nitrogens is 1. The van der Waals surface area contributed by atoms with E-state index in [9.17, 15) is 9.90 Å². The molecule has 0 bridgehead atoms. The fourth-order valence-corrected chi connectivity index (χ4v) is 2.89. The molecule has 0 radical (unpaired) electrons. The van der Waals surface area contributed by atoms with E-state index in [2.05, 4.69) is 10.3 Å². The molecule has 0 aliphatic heterocycles. The highest BCUT2D eigenvalue weighted by molar-refractivity contribution is 7.99. The summed E-state index contributed by atoms with van der Waals surface area (Å²) in [5.74, 6) is -0.0428. The molecule has 0 amide bonds. The summed E-state index contributed by atoms with van der Waals surface area (Å²) in [5, 5.41) is 12.7. The Morgan fingerprint density at radius 1 is 1.29 bits per heavy atom. The van der Waals surface area contributed by atoms with Crippen LogP contribution in [0.3, 0.4) is 0 Å². The van der Waals surface area contributed by atoms with Crippen molar-refractivity contribution in [2.24, 2.45) is 0 Å². The zero-order valence-electron chi connectivity index (χ0n) is 11.9. The Labute approximate surface area is 128 Å². The van der Waals surface area contributed by atoms with Crippen LogP contribution in [-0.2, 0) is 6.42 Å². The quantitative estimate of drug-likeness (QED) is 0.766. The molecule has 2 aromatic rings. The number of nitrogens with zero attached hydrogens (tertiary/aromatic N) is 1. The van der Waals surface area contributed by atoms with Gasteiger partial charge in [0.05, 0.1) is 5.56 Å². The van der Waals surface area contributed by atoms with E-state index in [0.29, 0.717) is 17.8 Å². The van der Waals surface area contributed by atoms with Crippen molar-refractivity contribution in [3.05, 3.63) is 53.9 Å². The first kappa shape index (κ1) is 15.4. The molecule has 1 aromatic carbocycles. The molecule has 5 heteroatoms. The molecular formula is C16H18N2O2S. The first-order chi connectivity index (χ1) is 10.2. The number of pyridine rings is 1. The second kappa shape index (κ2) is 7.69. The van der Waals surface area contributed by atoms with Gasteiger partial charge in [0.1, 0.15) is 0 Å². The monoisotopic (exact) mass is 302 g/mol. The van der Waals surface area contributed by atoms with Crippen LogP contribution in [0.1, 0.15) is 22.8 Å². The maximum Gasteiger partial charge on any atom is 0.338 e. The van der Waals surface area contributed by atoms with Gasteiger partial charge < -0.3 is 10.4 Å². The van der Waals surface area contributed by atoms with Gasteiger partial charge in [0.2, 0.25) is 0 Å². The van der Waals surface area contributed by atoms with Gasteiger partial charge in [0.15, 0.2) is 0 Å². The average molecular weight is 302 g/mol. The standard InChI is InChI=1S/C16H18N2O2S/c1-2-21-14-5-3-4-13(15(14)16(19)20)18-11-8-12-6-9-17-10-7-12/h3-7,9-10,18H,2,8,11H2,1H3,(H,19,20). The molecule has 0 aliphatic rings. The average Bonchev–Trinajstić information content (AvgIpc) is 2.48. The van der Waals surface area contributed by atoms with Crippen LogP contribution in [0.2, 0.25) is 0 Å². The van der Waals surface area contributed by atoms with Crippen molar-refractivity contribution < 1.29 is 9.90 Å². The highest BCUT2D eigenvalue weighted by Crippen LogP contribution is 2.28. The third-order valence-electron chi connectivity index (χ3n) is 3.02. The molecule has 0 saturated carbocycles. The van der Waals surface area contributed by atoms with Gasteiger partial charge in [0, 0.05) is 29.5 Å². The normalized spacial score (nSPS) is 10.3. The summed E-state index contributed by atoms with van der Waals surface area (Å²) in [4.78, 5) is 16.3. The maximum atomic E-state index is 11.5. The molecule has 2 rings (SSSR count). The number of anilines is 1. The van der Waals surface area contributed by atoms with E-state index in [0.717, 1.165) is 17.1 Å². The largest absolute Gasteiger partial charge is 0.478 e. The third-order valence-corrected chi connectivity index (χ3v) is 3.96. The smallest absolute Gasteiger partial charge is 0.338 e. The zero-order chi connectivity index (χ0) is 15.1. The van der Waals surface area contributed by atoms with Crippen LogP contribution in [0.5, 0.6) is 0 Å². The van der Waals surface area contributed by atoms with Crippen LogP contribution >= 0.6 is 11.8 Å². The van der Waals surface area contributed by atoms with Crippen LogP contribution in [0, 0.1) is 0 Å². The van der Waals surface area contributed by atoms with E-state index in [4.69, 9.17) is 0 Å². The second-order valence-electron chi connectivity index (χ2n) is 4.45. The summed E-state index contributed by atoms with van der Waals surface area (Å²) in [6.07, 6.45) is 4.35. The van der Waals surface area contributed by atoms with Crippen molar-refractivity contribution in [3.63, 3.8) is 0 Å². The topological polar surface area (TPSA) is 62.2 Å². The SMILES string of the molecule is CCSc1cccc(NCCc2ccncc2)c1C(=O)O. The second-order valence-corrected chi connectivity index (χ2v) is 5.75. The van der Waals surface area contributed by atoms with Crippen LogP contribution in [0.4, 0.5) is 5.69 Å². The maximum absolute atomic E-state index is 11.5. The molecule has 0 aliphatic carbocycles. The Balaban J connectivity index is 2.08. The van der Waals surface area contributed by atoms with Crippen LogP contribution < -0.4 is 5.32 Å². The molecule has 2 N–H and O–H groups in total. The first-order valence-electron chi connectivity index (χ1n) is 6.84. The summed E-state index contributed by atoms with van der Waals surface area (Å²) in [5.41, 5.74) is 2.21. The zero-order valence-corrected chi connectivity index (χ0v) is 12.7. The molecule has 110 valence electrons. The number of hydrogen-bond donors (Lipinski definition) is 2. The number of nitrogens with one attached hydrogen (secondary N) is 1. The predicted molar refractivity (Wildman–Crippen MR) is 86.2 cm³/mol. The minimum absolute atomic E-state index is 0.360. The number of carboxylic acid groups (broad SMARTS) is 1. The Morgan fingerprint density at radius 2 is 2.05 bits per heavy atom. The van der Waals surface area contributed by atoms with Crippen LogP contribution in [0.15, 0.2) is 47.6 Å². The molecule has 4 nitrogen and oxygen atoms in total. The Morgan fingerprint density at radius 3 is 2.71 bits per heavy atom. The highest BCUT2D eigenvalue weighted by Gasteiger charge is 2.15. The number of carboxylic acids is 1. The molecule has 0 spiro atoms. The van der Waals surface area contributed by atoms with Crippen LogP contribution in [0.25, 0.3) is 0 Å². The minimum Gasteiger partial charge on any atom is -0.478 e. The van der Waals surface area contributed by atoms with Crippen molar-refractivity contribution in [2.45, 2.75) is 18.2 Å². The Kier molecular flexibility index (Phi) is 5.63. The minimum atomic E-state index is -0.891. The molecule has 0 fully saturated rings. The first-order valence-corrected chi connectivity index (χ1v) is 7.82. The van der Waals surface area contributed by atoms with Gasteiger partial charge >= 0.3 is 5.97 Å². The predicted octanol–water partition coefficient (Wildman–Crippen LogP) is 3.55. The molecular weight excluding hydrogens is 284 g/mol. The van der Waals surface area contributed by atoms with Gasteiger partial charge in [-0.2, -0.15) is 0 Å². The fourth-order valence-electron chi connectivity index (χ4n) is 2.07. The number of benzene rings is 1. The van der Waals surface area contributed by atoms with Crippen molar-refractivity contribution in [1.82, 2.24) is 4.98 Å². The lowest BCUT2D eigenvalue weighted by Crippen LogP contribution is -2.10. The fraction of sp³-hybridized carbons (Fsp3) is 0.250. The molecule has 1 aromatic heterocycles. The van der Waals surface area contributed by atoms with E-state index >= 15 is 0 Å². The summed E-state index contributed by atoms with van der Waals surface area (Å²) < 4.78 is 0. The van der Waals surface area contributed by atoms with Crippen LogP contribution in [-0.4, -0.2) is 28.4 Å². The molecule has 0 atom stereocenters. The summed E-state index contributed by atoms with van der Waals surface area (Å²) in [7, 11) is 0.